The average Bonchev–Trinajstić information content (AvgIpc) is 3.10. The highest BCUT2D eigenvalue weighted by Crippen LogP contribution is 2.37. The van der Waals surface area contributed by atoms with Crippen molar-refractivity contribution in [3.63, 3.8) is 0 Å². The van der Waals surface area contributed by atoms with Crippen LogP contribution in [0.15, 0.2) is 71.5 Å². The van der Waals surface area contributed by atoms with Crippen molar-refractivity contribution in [3.8, 4) is 11.4 Å². The number of methoxy groups -OCH3 is 1. The third-order valence-corrected chi connectivity index (χ3v) is 6.39. The number of amides is 1. The Labute approximate surface area is 204 Å². The number of likely N-dealkylation sites (N-methyl/N-ethyl adjacent to an activating group) is 1. The van der Waals surface area contributed by atoms with Gasteiger partial charge in [0.25, 0.3) is 11.5 Å². The number of ether oxygens (including phenoxy) is 1. The monoisotopic (exact) mass is 549 g/mol. The number of fused-ring (bicyclic) bond motifs is 2. The quantitative estimate of drug-likeness (QED) is 0.268. The lowest BCUT2D eigenvalue weighted by molar-refractivity contribution is -0.112. The summed E-state index contributed by atoms with van der Waals surface area (Å²) < 4.78 is 7.86. The first-order valence-corrected chi connectivity index (χ1v) is 11.6. The van der Waals surface area contributed by atoms with Crippen LogP contribution < -0.4 is 15.2 Å². The molecule has 33 heavy (non-hydrogen) atoms. The van der Waals surface area contributed by atoms with Crippen LogP contribution in [0.3, 0.4) is 0 Å². The van der Waals surface area contributed by atoms with Crippen LogP contribution in [-0.4, -0.2) is 29.1 Å². The van der Waals surface area contributed by atoms with Gasteiger partial charge in [0.1, 0.15) is 11.6 Å². The Morgan fingerprint density at radius 2 is 1.85 bits per heavy atom. The Morgan fingerprint density at radius 3 is 2.64 bits per heavy atom. The molecule has 0 N–H and O–H groups in total. The van der Waals surface area contributed by atoms with Crippen LogP contribution in [0.2, 0.25) is 0 Å². The lowest BCUT2D eigenvalue weighted by Crippen LogP contribution is -2.26. The lowest BCUT2D eigenvalue weighted by atomic mass is 10.1. The van der Waals surface area contributed by atoms with Crippen LogP contribution in [-0.2, 0) is 4.79 Å². The predicted octanol–water partition coefficient (Wildman–Crippen LogP) is 4.91. The lowest BCUT2D eigenvalue weighted by Gasteiger charge is -2.14. The molecule has 0 saturated carbocycles. The first-order chi connectivity index (χ1) is 16.0. The van der Waals surface area contributed by atoms with E-state index in [9.17, 15) is 9.59 Å². The Kier molecular flexibility index (Phi) is 5.49. The molecule has 0 fully saturated rings. The van der Waals surface area contributed by atoms with E-state index in [4.69, 9.17) is 9.72 Å². The van der Waals surface area contributed by atoms with Crippen molar-refractivity contribution in [1.82, 2.24) is 9.55 Å². The van der Waals surface area contributed by atoms with Gasteiger partial charge in [-0.05, 0) is 72.0 Å². The van der Waals surface area contributed by atoms with Gasteiger partial charge in [0.2, 0.25) is 0 Å². The number of hydrogen-bond donors (Lipinski definition) is 0. The number of rotatable bonds is 4. The molecule has 0 spiro atoms. The second-order valence-electron chi connectivity index (χ2n) is 7.60. The Hall–Kier alpha value is -3.46. The van der Waals surface area contributed by atoms with Crippen molar-refractivity contribution in [3.05, 3.63) is 92.0 Å². The van der Waals surface area contributed by atoms with Gasteiger partial charge in [0, 0.05) is 21.7 Å². The van der Waals surface area contributed by atoms with E-state index in [0.717, 1.165) is 14.8 Å². The molecule has 0 radical (unpaired) electrons. The highest BCUT2D eigenvalue weighted by Gasteiger charge is 2.31. The van der Waals surface area contributed by atoms with Crippen LogP contribution in [0.4, 0.5) is 5.69 Å². The molecule has 1 aliphatic rings. The van der Waals surface area contributed by atoms with E-state index in [2.05, 4.69) is 22.6 Å². The SMILES string of the molecule is CCN1C(=O)/C(=C\c2nc3ccc(I)cc3c(=O)n2-c2cccc(OC)c2)c2ccccc21. The second-order valence-corrected chi connectivity index (χ2v) is 8.84. The maximum absolute atomic E-state index is 13.7. The number of carbonyl (C=O) groups excluding carboxylic acids is 1. The smallest absolute Gasteiger partial charge is 0.266 e. The fraction of sp³-hybridized carbons (Fsp3) is 0.115. The third kappa shape index (κ3) is 3.62. The van der Waals surface area contributed by atoms with Gasteiger partial charge in [-0.3, -0.25) is 14.2 Å². The first-order valence-electron chi connectivity index (χ1n) is 10.5. The molecular weight excluding hydrogens is 529 g/mol. The van der Waals surface area contributed by atoms with E-state index in [-0.39, 0.29) is 11.5 Å². The molecule has 6 nitrogen and oxygen atoms in total. The van der Waals surface area contributed by atoms with Gasteiger partial charge in [-0.15, -0.1) is 0 Å². The fourth-order valence-corrected chi connectivity index (χ4v) is 4.65. The molecule has 0 unspecified atom stereocenters. The molecule has 2 heterocycles. The zero-order chi connectivity index (χ0) is 23.1. The fourth-order valence-electron chi connectivity index (χ4n) is 4.16. The summed E-state index contributed by atoms with van der Waals surface area (Å²) >= 11 is 2.18. The summed E-state index contributed by atoms with van der Waals surface area (Å²) in [5.41, 5.74) is 3.20. The number of aromatic nitrogens is 2. The maximum Gasteiger partial charge on any atom is 0.266 e. The summed E-state index contributed by atoms with van der Waals surface area (Å²) in [6, 6.07) is 20.5. The maximum atomic E-state index is 13.7. The van der Waals surface area contributed by atoms with Gasteiger partial charge in [-0.1, -0.05) is 24.3 Å². The van der Waals surface area contributed by atoms with Crippen LogP contribution in [0.1, 0.15) is 18.3 Å². The van der Waals surface area contributed by atoms with Crippen molar-refractivity contribution >= 4 is 56.7 Å². The first kappa shape index (κ1) is 21.4. The van der Waals surface area contributed by atoms with Crippen LogP contribution in [0.5, 0.6) is 5.75 Å². The van der Waals surface area contributed by atoms with Crippen LogP contribution in [0, 0.1) is 3.57 Å². The molecule has 1 aromatic heterocycles. The third-order valence-electron chi connectivity index (χ3n) is 5.72. The molecule has 5 rings (SSSR count). The van der Waals surface area contributed by atoms with Gasteiger partial charge in [-0.25, -0.2) is 4.98 Å². The standard InChI is InChI=1S/C26H20IN3O3/c1-3-29-23-10-5-4-9-19(23)20(25(29)31)15-24-28-22-12-11-16(27)13-21(22)26(32)30(24)17-7-6-8-18(14-17)33-2/h4-15H,3H2,1-2H3/b20-15-. The Morgan fingerprint density at radius 1 is 1.03 bits per heavy atom. The second kappa shape index (κ2) is 8.47. The number of para-hydroxylation sites is 1. The van der Waals surface area contributed by atoms with E-state index >= 15 is 0 Å². The van der Waals surface area contributed by atoms with E-state index in [1.165, 1.54) is 0 Å². The number of halogens is 1. The highest BCUT2D eigenvalue weighted by molar-refractivity contribution is 14.1. The molecule has 0 bridgehead atoms. The van der Waals surface area contributed by atoms with E-state index in [1.807, 2.05) is 67.6 Å². The Bertz CT molecular complexity index is 1510. The van der Waals surface area contributed by atoms with Crippen LogP contribution in [0.25, 0.3) is 28.2 Å². The summed E-state index contributed by atoms with van der Waals surface area (Å²) in [5.74, 6) is 0.908. The molecule has 1 amide bonds. The minimum atomic E-state index is -0.204. The largest absolute Gasteiger partial charge is 0.497 e. The number of hydrogen-bond acceptors (Lipinski definition) is 4. The minimum absolute atomic E-state index is 0.104. The molecule has 164 valence electrons. The molecule has 4 aromatic rings. The number of nitrogens with zero attached hydrogens (tertiary/aromatic N) is 3. The van der Waals surface area contributed by atoms with Gasteiger partial charge in [0.15, 0.2) is 0 Å². The molecule has 1 aliphatic heterocycles. The molecule has 0 saturated heterocycles. The summed E-state index contributed by atoms with van der Waals surface area (Å²) in [4.78, 5) is 33.5. The van der Waals surface area contributed by atoms with Gasteiger partial charge in [-0.2, -0.15) is 0 Å². The molecule has 0 aliphatic carbocycles. The van der Waals surface area contributed by atoms with Gasteiger partial charge >= 0.3 is 0 Å². The average molecular weight is 549 g/mol. The molecular formula is C26H20IN3O3. The van der Waals surface area contributed by atoms with Crippen molar-refractivity contribution < 1.29 is 9.53 Å². The molecule has 7 heteroatoms. The topological polar surface area (TPSA) is 64.4 Å². The van der Waals surface area contributed by atoms with Gasteiger partial charge < -0.3 is 9.64 Å². The van der Waals surface area contributed by atoms with Crippen molar-refractivity contribution in [2.45, 2.75) is 6.92 Å². The zero-order valence-electron chi connectivity index (χ0n) is 18.1. The normalized spacial score (nSPS) is 14.2. The highest BCUT2D eigenvalue weighted by atomic mass is 127. The number of anilines is 1. The van der Waals surface area contributed by atoms with Crippen molar-refractivity contribution in [2.24, 2.45) is 0 Å². The van der Waals surface area contributed by atoms with Crippen LogP contribution >= 0.6 is 22.6 Å². The zero-order valence-corrected chi connectivity index (χ0v) is 20.2. The van der Waals surface area contributed by atoms with Gasteiger partial charge in [0.05, 0.1) is 35.0 Å². The number of carbonyl (C=O) groups is 1. The number of benzene rings is 3. The van der Waals surface area contributed by atoms with E-state index < -0.39 is 0 Å². The molecule has 3 aromatic carbocycles. The van der Waals surface area contributed by atoms with Crippen molar-refractivity contribution in [1.29, 1.82) is 0 Å². The summed E-state index contributed by atoms with van der Waals surface area (Å²) in [7, 11) is 1.58. The van der Waals surface area contributed by atoms with E-state index in [0.29, 0.717) is 40.3 Å². The summed E-state index contributed by atoms with van der Waals surface area (Å²) in [6.45, 7) is 2.50. The van der Waals surface area contributed by atoms with E-state index in [1.54, 1.807) is 28.7 Å². The molecule has 0 atom stereocenters. The Balaban J connectivity index is 1.82. The summed E-state index contributed by atoms with van der Waals surface area (Å²) in [6.07, 6.45) is 1.72. The summed E-state index contributed by atoms with van der Waals surface area (Å²) in [5, 5.41) is 0.514. The minimum Gasteiger partial charge on any atom is -0.497 e. The predicted molar refractivity (Wildman–Crippen MR) is 139 cm³/mol. The van der Waals surface area contributed by atoms with Crippen molar-refractivity contribution in [2.75, 3.05) is 18.6 Å².